The number of pyridine rings is 1. The van der Waals surface area contributed by atoms with E-state index in [-0.39, 0.29) is 10.7 Å². The summed E-state index contributed by atoms with van der Waals surface area (Å²) in [5.74, 6) is -1.15. The largest absolute Gasteiger partial charge is 0.476 e. The second-order valence-electron chi connectivity index (χ2n) is 3.33. The molecule has 1 saturated heterocycles. The van der Waals surface area contributed by atoms with Gasteiger partial charge in [-0.2, -0.15) is 0 Å². The number of carboxylic acid groups (broad SMARTS) is 1. The van der Waals surface area contributed by atoms with Gasteiger partial charge in [-0.15, -0.1) is 0 Å². The Morgan fingerprint density at radius 2 is 2.19 bits per heavy atom. The third-order valence-corrected chi connectivity index (χ3v) is 2.45. The lowest BCUT2D eigenvalue weighted by atomic mass is 10.2. The van der Waals surface area contributed by atoms with Crippen molar-refractivity contribution in [3.8, 4) is 0 Å². The molecule has 86 valence electrons. The Labute approximate surface area is 97.0 Å². The number of carbonyl (C=O) groups is 1. The van der Waals surface area contributed by atoms with E-state index in [1.807, 2.05) is 0 Å². The van der Waals surface area contributed by atoms with Crippen molar-refractivity contribution in [1.82, 2.24) is 4.98 Å². The Balaban J connectivity index is 2.23. The standard InChI is InChI=1S/C10H10ClNO4/c11-7-4-6(5-12-8(7)9(13)14)10-15-2-1-3-16-10/h4-5,10H,1-3H2,(H,13,14). The molecule has 1 aromatic rings. The second-order valence-corrected chi connectivity index (χ2v) is 3.74. The van der Waals surface area contributed by atoms with Crippen molar-refractivity contribution in [3.05, 3.63) is 28.5 Å². The van der Waals surface area contributed by atoms with Gasteiger partial charge >= 0.3 is 5.97 Å². The molecule has 2 heterocycles. The molecule has 1 aliphatic heterocycles. The van der Waals surface area contributed by atoms with Gasteiger partial charge in [0.15, 0.2) is 12.0 Å². The molecule has 1 aliphatic rings. The summed E-state index contributed by atoms with van der Waals surface area (Å²) in [6.07, 6.45) is 1.76. The van der Waals surface area contributed by atoms with Crippen molar-refractivity contribution >= 4 is 17.6 Å². The Morgan fingerprint density at radius 1 is 1.50 bits per heavy atom. The number of aromatic carboxylic acids is 1. The Bertz CT molecular complexity index is 404. The fourth-order valence-corrected chi connectivity index (χ4v) is 1.67. The van der Waals surface area contributed by atoms with Crippen molar-refractivity contribution < 1.29 is 19.4 Å². The van der Waals surface area contributed by atoms with E-state index in [0.717, 1.165) is 6.42 Å². The number of halogens is 1. The molecule has 0 atom stereocenters. The number of rotatable bonds is 2. The van der Waals surface area contributed by atoms with Crippen LogP contribution in [0.15, 0.2) is 12.3 Å². The van der Waals surface area contributed by atoms with E-state index in [2.05, 4.69) is 4.98 Å². The molecule has 0 bridgehead atoms. The lowest BCUT2D eigenvalue weighted by Gasteiger charge is -2.23. The predicted octanol–water partition coefficient (Wildman–Crippen LogP) is 1.87. The fourth-order valence-electron chi connectivity index (χ4n) is 1.42. The fraction of sp³-hybridized carbons (Fsp3) is 0.400. The molecule has 5 nitrogen and oxygen atoms in total. The van der Waals surface area contributed by atoms with E-state index in [1.165, 1.54) is 12.3 Å². The van der Waals surface area contributed by atoms with Crippen LogP contribution in [0.1, 0.15) is 28.8 Å². The summed E-state index contributed by atoms with van der Waals surface area (Å²) in [5.41, 5.74) is 0.468. The van der Waals surface area contributed by atoms with Crippen molar-refractivity contribution in [3.63, 3.8) is 0 Å². The van der Waals surface area contributed by atoms with Gasteiger partial charge in [-0.1, -0.05) is 11.6 Å². The summed E-state index contributed by atoms with van der Waals surface area (Å²) >= 11 is 5.79. The van der Waals surface area contributed by atoms with E-state index in [1.54, 1.807) is 0 Å². The molecule has 0 saturated carbocycles. The zero-order valence-corrected chi connectivity index (χ0v) is 9.11. The maximum Gasteiger partial charge on any atom is 0.356 e. The van der Waals surface area contributed by atoms with Gasteiger partial charge in [0.25, 0.3) is 0 Å². The third-order valence-electron chi connectivity index (χ3n) is 2.16. The lowest BCUT2D eigenvalue weighted by molar-refractivity contribution is -0.183. The molecule has 1 fully saturated rings. The highest BCUT2D eigenvalue weighted by Gasteiger charge is 2.19. The zero-order chi connectivity index (χ0) is 11.5. The molecule has 0 aromatic carbocycles. The zero-order valence-electron chi connectivity index (χ0n) is 8.35. The van der Waals surface area contributed by atoms with Crippen LogP contribution in [0.3, 0.4) is 0 Å². The first-order valence-corrected chi connectivity index (χ1v) is 5.18. The summed E-state index contributed by atoms with van der Waals surface area (Å²) in [5, 5.41) is 8.84. The molecule has 0 aliphatic carbocycles. The molecule has 2 rings (SSSR count). The van der Waals surface area contributed by atoms with E-state index in [9.17, 15) is 4.79 Å². The highest BCUT2D eigenvalue weighted by atomic mass is 35.5. The average Bonchev–Trinajstić information content (AvgIpc) is 2.29. The number of ether oxygens (including phenoxy) is 2. The maximum absolute atomic E-state index is 10.7. The van der Waals surface area contributed by atoms with Crippen LogP contribution in [0.5, 0.6) is 0 Å². The van der Waals surface area contributed by atoms with Crippen molar-refractivity contribution in [2.45, 2.75) is 12.7 Å². The monoisotopic (exact) mass is 243 g/mol. The van der Waals surface area contributed by atoms with Crippen LogP contribution in [0, 0.1) is 0 Å². The molecule has 6 heteroatoms. The number of carboxylic acids is 1. The smallest absolute Gasteiger partial charge is 0.356 e. The number of aromatic nitrogens is 1. The van der Waals surface area contributed by atoms with E-state index in [4.69, 9.17) is 26.2 Å². The van der Waals surface area contributed by atoms with Gasteiger partial charge in [0, 0.05) is 11.8 Å². The summed E-state index contributed by atoms with van der Waals surface area (Å²) < 4.78 is 10.7. The topological polar surface area (TPSA) is 68.7 Å². The van der Waals surface area contributed by atoms with Crippen molar-refractivity contribution in [1.29, 1.82) is 0 Å². The summed E-state index contributed by atoms with van der Waals surface area (Å²) in [6.45, 7) is 1.23. The van der Waals surface area contributed by atoms with Gasteiger partial charge in [-0.25, -0.2) is 9.78 Å². The predicted molar refractivity (Wildman–Crippen MR) is 55.5 cm³/mol. The summed E-state index contributed by atoms with van der Waals surface area (Å²) in [7, 11) is 0. The van der Waals surface area contributed by atoms with Gasteiger partial charge in [0.1, 0.15) is 0 Å². The number of nitrogens with zero attached hydrogens (tertiary/aromatic N) is 1. The first-order chi connectivity index (χ1) is 7.68. The molecular formula is C10H10ClNO4. The molecule has 16 heavy (non-hydrogen) atoms. The Morgan fingerprint density at radius 3 is 2.75 bits per heavy atom. The van der Waals surface area contributed by atoms with Crippen LogP contribution in [0.4, 0.5) is 0 Å². The van der Waals surface area contributed by atoms with Crippen molar-refractivity contribution in [2.75, 3.05) is 13.2 Å². The van der Waals surface area contributed by atoms with Crippen LogP contribution in [-0.4, -0.2) is 29.3 Å². The van der Waals surface area contributed by atoms with Crippen LogP contribution in [0.2, 0.25) is 5.02 Å². The molecule has 0 radical (unpaired) electrons. The highest BCUT2D eigenvalue weighted by Crippen LogP contribution is 2.25. The Hall–Kier alpha value is -1.17. The van der Waals surface area contributed by atoms with Crippen LogP contribution in [0.25, 0.3) is 0 Å². The molecular weight excluding hydrogens is 234 g/mol. The van der Waals surface area contributed by atoms with E-state index in [0.29, 0.717) is 18.8 Å². The van der Waals surface area contributed by atoms with Crippen LogP contribution in [-0.2, 0) is 9.47 Å². The maximum atomic E-state index is 10.7. The third kappa shape index (κ3) is 2.32. The lowest BCUT2D eigenvalue weighted by Crippen LogP contribution is -2.18. The quantitative estimate of drug-likeness (QED) is 0.859. The van der Waals surface area contributed by atoms with Gasteiger partial charge in [0.2, 0.25) is 0 Å². The van der Waals surface area contributed by atoms with E-state index >= 15 is 0 Å². The number of hydrogen-bond acceptors (Lipinski definition) is 4. The summed E-state index contributed by atoms with van der Waals surface area (Å²) in [4.78, 5) is 14.5. The van der Waals surface area contributed by atoms with Gasteiger partial charge in [-0.05, 0) is 12.5 Å². The van der Waals surface area contributed by atoms with Crippen molar-refractivity contribution in [2.24, 2.45) is 0 Å². The molecule has 1 aromatic heterocycles. The second kappa shape index (κ2) is 4.78. The molecule has 0 amide bonds. The molecule has 0 unspecified atom stereocenters. The SMILES string of the molecule is O=C(O)c1ncc(C2OCCCO2)cc1Cl. The first-order valence-electron chi connectivity index (χ1n) is 4.80. The molecule has 0 spiro atoms. The normalized spacial score (nSPS) is 17.3. The van der Waals surface area contributed by atoms with Crippen LogP contribution >= 0.6 is 11.6 Å². The van der Waals surface area contributed by atoms with Gasteiger partial charge in [0.05, 0.1) is 18.2 Å². The van der Waals surface area contributed by atoms with E-state index < -0.39 is 12.3 Å². The first kappa shape index (κ1) is 11.3. The minimum atomic E-state index is -1.15. The number of hydrogen-bond donors (Lipinski definition) is 1. The van der Waals surface area contributed by atoms with Gasteiger partial charge < -0.3 is 14.6 Å². The van der Waals surface area contributed by atoms with Crippen LogP contribution < -0.4 is 0 Å². The highest BCUT2D eigenvalue weighted by molar-refractivity contribution is 6.33. The molecule has 1 N–H and O–H groups in total. The summed E-state index contributed by atoms with van der Waals surface area (Å²) in [6, 6.07) is 1.51. The average molecular weight is 244 g/mol. The van der Waals surface area contributed by atoms with Gasteiger partial charge in [-0.3, -0.25) is 0 Å². The minimum Gasteiger partial charge on any atom is -0.476 e. The Kier molecular flexibility index (Phi) is 3.38. The minimum absolute atomic E-state index is 0.0859.